The molecule has 0 spiro atoms. The third kappa shape index (κ3) is 2.28. The van der Waals surface area contributed by atoms with Crippen molar-refractivity contribution in [1.29, 1.82) is 0 Å². The molecule has 0 amide bonds. The van der Waals surface area contributed by atoms with Crippen molar-refractivity contribution in [3.05, 3.63) is 34.9 Å². The van der Waals surface area contributed by atoms with Gasteiger partial charge in [-0.3, -0.25) is 4.68 Å². The van der Waals surface area contributed by atoms with E-state index in [1.807, 2.05) is 18.2 Å². The number of anilines is 1. The Morgan fingerprint density at radius 2 is 2.24 bits per heavy atom. The molecule has 0 fully saturated rings. The number of benzene rings is 1. The van der Waals surface area contributed by atoms with Gasteiger partial charge in [0.25, 0.3) is 0 Å². The van der Waals surface area contributed by atoms with Crippen LogP contribution in [0.25, 0.3) is 11.3 Å². The van der Waals surface area contributed by atoms with Gasteiger partial charge >= 0.3 is 0 Å². The fourth-order valence-electron chi connectivity index (χ4n) is 1.74. The van der Waals surface area contributed by atoms with Gasteiger partial charge in [-0.2, -0.15) is 5.10 Å². The molecule has 2 aromatic rings. The minimum atomic E-state index is 0.492. The van der Waals surface area contributed by atoms with Crippen LogP contribution in [0.1, 0.15) is 5.56 Å². The van der Waals surface area contributed by atoms with E-state index in [2.05, 4.69) is 5.10 Å². The molecule has 0 aliphatic carbocycles. The minimum Gasteiger partial charge on any atom is -0.384 e. The number of nitrogens with zero attached hydrogens (tertiary/aromatic N) is 2. The predicted octanol–water partition coefficient (Wildman–Crippen LogP) is 2.47. The van der Waals surface area contributed by atoms with Crippen molar-refractivity contribution in [1.82, 2.24) is 9.78 Å². The third-order valence-corrected chi connectivity index (χ3v) is 2.89. The summed E-state index contributed by atoms with van der Waals surface area (Å²) in [5, 5.41) is 4.99. The third-order valence-electron chi connectivity index (χ3n) is 2.57. The molecule has 90 valence electrons. The number of nitrogen functional groups attached to an aromatic ring is 1. The van der Waals surface area contributed by atoms with E-state index in [9.17, 15) is 0 Å². The number of hydrogen-bond donors (Lipinski definition) is 1. The van der Waals surface area contributed by atoms with E-state index in [-0.39, 0.29) is 0 Å². The average Bonchev–Trinajstić information content (AvgIpc) is 2.59. The number of ether oxygens (including phenoxy) is 1. The minimum absolute atomic E-state index is 0.492. The van der Waals surface area contributed by atoms with Crippen molar-refractivity contribution >= 4 is 17.4 Å². The van der Waals surface area contributed by atoms with Gasteiger partial charge in [0.2, 0.25) is 0 Å². The molecule has 1 heterocycles. The van der Waals surface area contributed by atoms with Crippen molar-refractivity contribution < 1.29 is 4.74 Å². The largest absolute Gasteiger partial charge is 0.384 e. The fraction of sp³-hybridized carbons (Fsp3) is 0.250. The van der Waals surface area contributed by atoms with Crippen LogP contribution in [0.5, 0.6) is 0 Å². The van der Waals surface area contributed by atoms with Crippen LogP contribution in [0.4, 0.5) is 5.82 Å². The summed E-state index contributed by atoms with van der Waals surface area (Å²) in [4.78, 5) is 0. The lowest BCUT2D eigenvalue weighted by Gasteiger charge is -2.08. The zero-order valence-corrected chi connectivity index (χ0v) is 10.5. The van der Waals surface area contributed by atoms with Crippen LogP contribution < -0.4 is 5.73 Å². The maximum atomic E-state index is 6.22. The van der Waals surface area contributed by atoms with E-state index in [1.54, 1.807) is 24.9 Å². The summed E-state index contributed by atoms with van der Waals surface area (Å²) in [5.41, 5.74) is 8.42. The first-order valence-corrected chi connectivity index (χ1v) is 5.57. The molecule has 0 radical (unpaired) electrons. The topological polar surface area (TPSA) is 53.1 Å². The molecule has 2 N–H and O–H groups in total. The number of aromatic nitrogens is 2. The number of aryl methyl sites for hydroxylation is 1. The summed E-state index contributed by atoms with van der Waals surface area (Å²) in [7, 11) is 3.45. The first-order valence-electron chi connectivity index (χ1n) is 5.19. The summed E-state index contributed by atoms with van der Waals surface area (Å²) in [6.07, 6.45) is 0. The highest BCUT2D eigenvalue weighted by atomic mass is 35.5. The zero-order valence-electron chi connectivity index (χ0n) is 9.77. The quantitative estimate of drug-likeness (QED) is 0.912. The predicted molar refractivity (Wildman–Crippen MR) is 68.8 cm³/mol. The summed E-state index contributed by atoms with van der Waals surface area (Å²) in [6.45, 7) is 0.492. The van der Waals surface area contributed by atoms with E-state index in [0.717, 1.165) is 16.8 Å². The van der Waals surface area contributed by atoms with E-state index in [0.29, 0.717) is 17.4 Å². The molecule has 2 rings (SSSR count). The van der Waals surface area contributed by atoms with Crippen molar-refractivity contribution in [3.63, 3.8) is 0 Å². The molecule has 0 aliphatic heterocycles. The van der Waals surface area contributed by atoms with Crippen molar-refractivity contribution in [3.8, 4) is 11.3 Å². The highest BCUT2D eigenvalue weighted by molar-refractivity contribution is 6.33. The SMILES string of the molecule is COCc1cccc(Cl)c1-c1cc(N)n(C)n1. The summed E-state index contributed by atoms with van der Waals surface area (Å²) in [6, 6.07) is 7.50. The summed E-state index contributed by atoms with van der Waals surface area (Å²) in [5.74, 6) is 0.600. The summed E-state index contributed by atoms with van der Waals surface area (Å²) < 4.78 is 6.78. The Morgan fingerprint density at radius 3 is 2.82 bits per heavy atom. The lowest BCUT2D eigenvalue weighted by Crippen LogP contribution is -1.97. The molecular formula is C12H14ClN3O. The Kier molecular flexibility index (Phi) is 3.36. The van der Waals surface area contributed by atoms with Crippen molar-refractivity contribution in [2.45, 2.75) is 6.61 Å². The lowest BCUT2D eigenvalue weighted by molar-refractivity contribution is 0.185. The van der Waals surface area contributed by atoms with Crippen LogP contribution in [0.3, 0.4) is 0 Å². The Balaban J connectivity index is 2.56. The van der Waals surface area contributed by atoms with Crippen molar-refractivity contribution in [2.75, 3.05) is 12.8 Å². The highest BCUT2D eigenvalue weighted by Crippen LogP contribution is 2.31. The van der Waals surface area contributed by atoms with Crippen molar-refractivity contribution in [2.24, 2.45) is 7.05 Å². The first-order chi connectivity index (χ1) is 8.13. The molecule has 1 aromatic heterocycles. The number of nitrogens with two attached hydrogens (primary N) is 1. The summed E-state index contributed by atoms with van der Waals surface area (Å²) >= 11 is 6.22. The van der Waals surface area contributed by atoms with Gasteiger partial charge in [-0.15, -0.1) is 0 Å². The average molecular weight is 252 g/mol. The molecule has 0 saturated heterocycles. The van der Waals surface area contributed by atoms with Crippen LogP contribution in [-0.4, -0.2) is 16.9 Å². The maximum Gasteiger partial charge on any atom is 0.121 e. The number of hydrogen-bond acceptors (Lipinski definition) is 3. The van der Waals surface area contributed by atoms with Gasteiger partial charge in [0.15, 0.2) is 0 Å². The molecule has 5 heteroatoms. The van der Waals surface area contributed by atoms with Crippen LogP contribution in [0.15, 0.2) is 24.3 Å². The van der Waals surface area contributed by atoms with Gasteiger partial charge in [0.05, 0.1) is 17.3 Å². The van der Waals surface area contributed by atoms with Gasteiger partial charge in [-0.25, -0.2) is 0 Å². The monoisotopic (exact) mass is 251 g/mol. The second-order valence-electron chi connectivity index (χ2n) is 3.79. The smallest absolute Gasteiger partial charge is 0.121 e. The maximum absolute atomic E-state index is 6.22. The van der Waals surface area contributed by atoms with Gasteiger partial charge in [0.1, 0.15) is 5.82 Å². The van der Waals surface area contributed by atoms with E-state index < -0.39 is 0 Å². The molecule has 0 aliphatic rings. The zero-order chi connectivity index (χ0) is 12.4. The molecule has 17 heavy (non-hydrogen) atoms. The molecule has 0 atom stereocenters. The normalized spacial score (nSPS) is 10.8. The second-order valence-corrected chi connectivity index (χ2v) is 4.19. The highest BCUT2D eigenvalue weighted by Gasteiger charge is 2.13. The lowest BCUT2D eigenvalue weighted by atomic mass is 10.1. The van der Waals surface area contributed by atoms with Crippen LogP contribution >= 0.6 is 11.6 Å². The van der Waals surface area contributed by atoms with Gasteiger partial charge in [-0.1, -0.05) is 23.7 Å². The Bertz CT molecular complexity index is 517. The van der Waals surface area contributed by atoms with Gasteiger partial charge in [-0.05, 0) is 11.6 Å². The number of rotatable bonds is 3. The Labute approximate surface area is 105 Å². The Hall–Kier alpha value is -1.52. The number of halogens is 1. The number of methoxy groups -OCH3 is 1. The van der Waals surface area contributed by atoms with E-state index >= 15 is 0 Å². The molecule has 1 aromatic carbocycles. The van der Waals surface area contributed by atoms with Gasteiger partial charge in [0, 0.05) is 25.8 Å². The van der Waals surface area contributed by atoms with Crippen LogP contribution in [0.2, 0.25) is 5.02 Å². The molecular weight excluding hydrogens is 238 g/mol. The van der Waals surface area contributed by atoms with Gasteiger partial charge < -0.3 is 10.5 Å². The standard InChI is InChI=1S/C12H14ClN3O/c1-16-11(14)6-10(15-16)12-8(7-17-2)4-3-5-9(12)13/h3-6H,7,14H2,1-2H3. The molecule has 0 saturated carbocycles. The molecule has 0 unspecified atom stereocenters. The fourth-order valence-corrected chi connectivity index (χ4v) is 2.03. The van der Waals surface area contributed by atoms with E-state index in [4.69, 9.17) is 22.1 Å². The molecule has 0 bridgehead atoms. The second kappa shape index (κ2) is 4.77. The Morgan fingerprint density at radius 1 is 1.47 bits per heavy atom. The van der Waals surface area contributed by atoms with E-state index in [1.165, 1.54) is 0 Å². The van der Waals surface area contributed by atoms with Crippen LogP contribution in [-0.2, 0) is 18.4 Å². The first kappa shape index (κ1) is 12.0. The molecule has 4 nitrogen and oxygen atoms in total. The van der Waals surface area contributed by atoms with Crippen LogP contribution in [0, 0.1) is 0 Å².